The number of aromatic amines is 1. The summed E-state index contributed by atoms with van der Waals surface area (Å²) in [6.45, 7) is 0.688. The monoisotopic (exact) mass is 240 g/mol. The predicted octanol–water partition coefficient (Wildman–Crippen LogP) is 3.25. The van der Waals surface area contributed by atoms with Gasteiger partial charge in [0.2, 0.25) is 0 Å². The molecule has 2 nitrogen and oxygen atoms in total. The second kappa shape index (κ2) is 4.24. The first-order valence-electron chi connectivity index (χ1n) is 5.11. The average Bonchev–Trinajstić information content (AvgIpc) is 2.72. The van der Waals surface area contributed by atoms with Crippen LogP contribution in [0.2, 0.25) is 0 Å². The van der Waals surface area contributed by atoms with Crippen molar-refractivity contribution in [3.63, 3.8) is 0 Å². The lowest BCUT2D eigenvalue weighted by Crippen LogP contribution is -2.10. The van der Waals surface area contributed by atoms with Gasteiger partial charge in [0.15, 0.2) is 0 Å². The molecule has 0 aliphatic rings. The third-order valence-electron chi connectivity index (χ3n) is 2.47. The van der Waals surface area contributed by atoms with Gasteiger partial charge in [0.05, 0.1) is 11.8 Å². The summed E-state index contributed by atoms with van der Waals surface area (Å²) in [4.78, 5) is 0. The van der Waals surface area contributed by atoms with E-state index in [4.69, 9.17) is 0 Å². The smallest absolute Gasteiger partial charge is 0.273 e. The topological polar surface area (TPSA) is 28.7 Å². The molecule has 2 rings (SSSR count). The molecule has 0 amide bonds. The minimum absolute atomic E-state index is 0.444. The Morgan fingerprint density at radius 1 is 1.29 bits per heavy atom. The zero-order valence-corrected chi connectivity index (χ0v) is 9.17. The van der Waals surface area contributed by atoms with E-state index < -0.39 is 17.3 Å². The van der Waals surface area contributed by atoms with E-state index in [1.165, 1.54) is 12.1 Å². The summed E-state index contributed by atoms with van der Waals surface area (Å²) in [6.07, 6.45) is 3.72. The molecule has 0 saturated heterocycles. The van der Waals surface area contributed by atoms with E-state index in [-0.39, 0.29) is 0 Å². The lowest BCUT2D eigenvalue weighted by Gasteiger charge is -2.13. The number of hydrogen-bond donors (Lipinski definition) is 1. The van der Waals surface area contributed by atoms with E-state index in [1.807, 2.05) is 0 Å². The number of aromatic nitrogens is 2. The van der Waals surface area contributed by atoms with Gasteiger partial charge >= 0.3 is 0 Å². The molecule has 90 valence electrons. The molecule has 1 aromatic carbocycles. The van der Waals surface area contributed by atoms with Gasteiger partial charge in [-0.25, -0.2) is 13.2 Å². The molecule has 0 atom stereocenters. The fourth-order valence-corrected chi connectivity index (χ4v) is 1.63. The largest absolute Gasteiger partial charge is 0.285 e. The highest BCUT2D eigenvalue weighted by molar-refractivity contribution is 5.31. The van der Waals surface area contributed by atoms with Crippen LogP contribution in [0.1, 0.15) is 23.6 Å². The maximum atomic E-state index is 13.2. The van der Waals surface area contributed by atoms with Crippen molar-refractivity contribution in [3.8, 4) is 0 Å². The van der Waals surface area contributed by atoms with E-state index >= 15 is 0 Å². The Kier molecular flexibility index (Phi) is 2.92. The Labute approximate surface area is 96.5 Å². The molecule has 0 aliphatic carbocycles. The lowest BCUT2D eigenvalue weighted by molar-refractivity contribution is 0.0137. The van der Waals surface area contributed by atoms with Gasteiger partial charge in [-0.15, -0.1) is 0 Å². The fourth-order valence-electron chi connectivity index (χ4n) is 1.63. The van der Waals surface area contributed by atoms with Gasteiger partial charge in [-0.3, -0.25) is 5.10 Å². The molecule has 0 spiro atoms. The Morgan fingerprint density at radius 2 is 2.06 bits per heavy atom. The molecule has 0 radical (unpaired) electrons. The van der Waals surface area contributed by atoms with E-state index in [0.29, 0.717) is 18.9 Å². The van der Waals surface area contributed by atoms with Crippen molar-refractivity contribution in [1.29, 1.82) is 0 Å². The molecule has 5 heteroatoms. The molecule has 17 heavy (non-hydrogen) atoms. The minimum atomic E-state index is -3.17. The summed E-state index contributed by atoms with van der Waals surface area (Å²) in [5.74, 6) is -4.05. The van der Waals surface area contributed by atoms with E-state index in [2.05, 4.69) is 10.2 Å². The van der Waals surface area contributed by atoms with Gasteiger partial charge in [-0.05, 0) is 23.3 Å². The zero-order valence-electron chi connectivity index (χ0n) is 9.17. The normalized spacial score (nSPS) is 11.8. The molecule has 0 bridgehead atoms. The lowest BCUT2D eigenvalue weighted by atomic mass is 10.0. The van der Waals surface area contributed by atoms with Crippen LogP contribution >= 0.6 is 0 Å². The number of nitrogens with zero attached hydrogens (tertiary/aromatic N) is 1. The highest BCUT2D eigenvalue weighted by Gasteiger charge is 2.28. The van der Waals surface area contributed by atoms with Gasteiger partial charge in [-0.2, -0.15) is 5.10 Å². The SMILES string of the molecule is CC(F)(F)c1cc(Cc2cn[nH]c2)ccc1F. The Balaban J connectivity index is 2.31. The second-order valence-corrected chi connectivity index (χ2v) is 3.99. The van der Waals surface area contributed by atoms with E-state index in [9.17, 15) is 13.2 Å². The highest BCUT2D eigenvalue weighted by Crippen LogP contribution is 2.30. The molecule has 1 aromatic heterocycles. The quantitative estimate of drug-likeness (QED) is 0.876. The van der Waals surface area contributed by atoms with Crippen molar-refractivity contribution in [2.45, 2.75) is 19.3 Å². The zero-order chi connectivity index (χ0) is 12.5. The summed E-state index contributed by atoms with van der Waals surface area (Å²) < 4.78 is 39.5. The van der Waals surface area contributed by atoms with Crippen LogP contribution in [-0.4, -0.2) is 10.2 Å². The van der Waals surface area contributed by atoms with Crippen LogP contribution in [0, 0.1) is 5.82 Å². The van der Waals surface area contributed by atoms with Crippen LogP contribution in [0.25, 0.3) is 0 Å². The van der Waals surface area contributed by atoms with E-state index in [1.54, 1.807) is 12.4 Å². The summed E-state index contributed by atoms with van der Waals surface area (Å²) in [7, 11) is 0. The molecule has 0 saturated carbocycles. The number of benzene rings is 1. The van der Waals surface area contributed by atoms with Gasteiger partial charge in [-0.1, -0.05) is 6.07 Å². The summed E-state index contributed by atoms with van der Waals surface area (Å²) in [6, 6.07) is 3.77. The maximum Gasteiger partial charge on any atom is 0.273 e. The van der Waals surface area contributed by atoms with Gasteiger partial charge < -0.3 is 0 Å². The summed E-state index contributed by atoms with van der Waals surface area (Å²) in [5, 5.41) is 6.39. The molecule has 1 heterocycles. The van der Waals surface area contributed by atoms with Gasteiger partial charge in [0.1, 0.15) is 5.82 Å². The summed E-state index contributed by atoms with van der Waals surface area (Å²) in [5.41, 5.74) is 0.921. The van der Waals surface area contributed by atoms with Crippen molar-refractivity contribution in [1.82, 2.24) is 10.2 Å². The molecular formula is C12H11F3N2. The maximum absolute atomic E-state index is 13.2. The highest BCUT2D eigenvalue weighted by atomic mass is 19.3. The Hall–Kier alpha value is -1.78. The molecular weight excluding hydrogens is 229 g/mol. The fraction of sp³-hybridized carbons (Fsp3) is 0.250. The van der Waals surface area contributed by atoms with Crippen LogP contribution in [0.3, 0.4) is 0 Å². The van der Waals surface area contributed by atoms with Crippen LogP contribution in [0.15, 0.2) is 30.6 Å². The number of halogens is 3. The third kappa shape index (κ3) is 2.67. The predicted molar refractivity (Wildman–Crippen MR) is 57.4 cm³/mol. The van der Waals surface area contributed by atoms with Crippen molar-refractivity contribution in [2.75, 3.05) is 0 Å². The number of rotatable bonds is 3. The van der Waals surface area contributed by atoms with E-state index in [0.717, 1.165) is 11.6 Å². The molecule has 0 aliphatic heterocycles. The number of H-pyrrole nitrogens is 1. The van der Waals surface area contributed by atoms with Gasteiger partial charge in [0, 0.05) is 19.5 Å². The number of nitrogens with one attached hydrogen (secondary N) is 1. The van der Waals surface area contributed by atoms with Crippen molar-refractivity contribution < 1.29 is 13.2 Å². The third-order valence-corrected chi connectivity index (χ3v) is 2.47. The van der Waals surface area contributed by atoms with Crippen LogP contribution in [-0.2, 0) is 12.3 Å². The summed E-state index contributed by atoms with van der Waals surface area (Å²) >= 11 is 0. The number of hydrogen-bond acceptors (Lipinski definition) is 1. The Morgan fingerprint density at radius 3 is 2.65 bits per heavy atom. The van der Waals surface area contributed by atoms with Gasteiger partial charge in [0.25, 0.3) is 5.92 Å². The molecule has 1 N–H and O–H groups in total. The first-order valence-corrected chi connectivity index (χ1v) is 5.11. The molecule has 2 aromatic rings. The van der Waals surface area contributed by atoms with Crippen LogP contribution in [0.5, 0.6) is 0 Å². The van der Waals surface area contributed by atoms with Crippen molar-refractivity contribution in [2.24, 2.45) is 0 Å². The number of alkyl halides is 2. The second-order valence-electron chi connectivity index (χ2n) is 3.99. The first kappa shape index (κ1) is 11.7. The minimum Gasteiger partial charge on any atom is -0.285 e. The standard InChI is InChI=1S/C12H11F3N2/c1-12(14,15)10-5-8(2-3-11(10)13)4-9-6-16-17-7-9/h2-3,5-7H,4H2,1H3,(H,16,17). The molecule has 0 unspecified atom stereocenters. The average molecular weight is 240 g/mol. The Bertz CT molecular complexity index is 501. The first-order chi connectivity index (χ1) is 7.97. The molecule has 0 fully saturated rings. The van der Waals surface area contributed by atoms with Crippen molar-refractivity contribution in [3.05, 3.63) is 53.1 Å². The van der Waals surface area contributed by atoms with Crippen LogP contribution < -0.4 is 0 Å². The van der Waals surface area contributed by atoms with Crippen LogP contribution in [0.4, 0.5) is 13.2 Å². The van der Waals surface area contributed by atoms with Crippen molar-refractivity contribution >= 4 is 0 Å².